The number of carbonyl (C=O) groups excluding carboxylic acids is 1. The molecule has 0 radical (unpaired) electrons. The Morgan fingerprint density at radius 3 is 2.05 bits per heavy atom. The molecule has 0 spiro atoms. The van der Waals surface area contributed by atoms with E-state index < -0.39 is 15.6 Å². The van der Waals surface area contributed by atoms with Gasteiger partial charge in [-0.1, -0.05) is 48.5 Å². The number of benzene rings is 2. The summed E-state index contributed by atoms with van der Waals surface area (Å²) >= 11 is 0. The zero-order valence-corrected chi connectivity index (χ0v) is 12.6. The van der Waals surface area contributed by atoms with Gasteiger partial charge >= 0.3 is 0 Å². The van der Waals surface area contributed by atoms with Crippen molar-refractivity contribution in [3.63, 3.8) is 0 Å². The van der Waals surface area contributed by atoms with E-state index in [0.717, 1.165) is 12.0 Å². The molecule has 0 bridgehead atoms. The van der Waals surface area contributed by atoms with Crippen molar-refractivity contribution in [1.29, 1.82) is 0 Å². The summed E-state index contributed by atoms with van der Waals surface area (Å²) in [5.74, 6) is -0.638. The molecule has 0 aromatic heterocycles. The van der Waals surface area contributed by atoms with Gasteiger partial charge < -0.3 is 0 Å². The highest BCUT2D eigenvalue weighted by Crippen LogP contribution is 2.12. The summed E-state index contributed by atoms with van der Waals surface area (Å²) in [6, 6.07) is 18.0. The van der Waals surface area contributed by atoms with Crippen molar-refractivity contribution in [2.75, 3.05) is 5.75 Å². The molecule has 2 aromatic rings. The topological polar surface area (TPSA) is 51.2 Å². The largest absolute Gasteiger partial charge is 0.299 e. The second-order valence-corrected chi connectivity index (χ2v) is 6.94. The van der Waals surface area contributed by atoms with Crippen molar-refractivity contribution >= 4 is 15.6 Å². The molecule has 3 nitrogen and oxygen atoms in total. The van der Waals surface area contributed by atoms with Gasteiger partial charge in [0.15, 0.2) is 9.84 Å². The summed E-state index contributed by atoms with van der Waals surface area (Å²) in [6.07, 6.45) is 1.76. The maximum Gasteiger partial charge on any atom is 0.185 e. The van der Waals surface area contributed by atoms with Gasteiger partial charge in [0.25, 0.3) is 0 Å². The maximum atomic E-state index is 12.1. The highest BCUT2D eigenvalue weighted by atomic mass is 32.2. The van der Waals surface area contributed by atoms with Crippen molar-refractivity contribution < 1.29 is 13.2 Å². The molecule has 2 aromatic carbocycles. The first-order chi connectivity index (χ1) is 10.1. The van der Waals surface area contributed by atoms with Crippen molar-refractivity contribution in [1.82, 2.24) is 0 Å². The van der Waals surface area contributed by atoms with E-state index in [1.165, 1.54) is 12.1 Å². The Morgan fingerprint density at radius 2 is 1.43 bits per heavy atom. The van der Waals surface area contributed by atoms with Gasteiger partial charge in [-0.05, 0) is 30.5 Å². The Kier molecular flexibility index (Phi) is 5.28. The monoisotopic (exact) mass is 302 g/mol. The fourth-order valence-electron chi connectivity index (χ4n) is 2.13. The van der Waals surface area contributed by atoms with Crippen molar-refractivity contribution in [2.24, 2.45) is 0 Å². The van der Waals surface area contributed by atoms with Gasteiger partial charge in [-0.15, -0.1) is 0 Å². The summed E-state index contributed by atoms with van der Waals surface area (Å²) in [4.78, 5) is 12.1. The zero-order valence-electron chi connectivity index (χ0n) is 11.7. The third-order valence-corrected chi connectivity index (χ3v) is 4.91. The van der Waals surface area contributed by atoms with Crippen LogP contribution in [0.5, 0.6) is 0 Å². The number of hydrogen-bond donors (Lipinski definition) is 0. The van der Waals surface area contributed by atoms with E-state index in [-0.39, 0.29) is 10.7 Å². The predicted molar refractivity (Wildman–Crippen MR) is 82.9 cm³/mol. The minimum absolute atomic E-state index is 0.210. The molecule has 0 saturated heterocycles. The smallest absolute Gasteiger partial charge is 0.185 e. The highest BCUT2D eigenvalue weighted by molar-refractivity contribution is 7.92. The van der Waals surface area contributed by atoms with Crippen LogP contribution >= 0.6 is 0 Å². The van der Waals surface area contributed by atoms with Crippen LogP contribution in [-0.4, -0.2) is 20.0 Å². The molecule has 21 heavy (non-hydrogen) atoms. The lowest BCUT2D eigenvalue weighted by Gasteiger charge is -2.04. The number of rotatable bonds is 7. The molecule has 0 aliphatic rings. The van der Waals surface area contributed by atoms with E-state index in [2.05, 4.69) is 0 Å². The molecule has 0 aliphatic heterocycles. The summed E-state index contributed by atoms with van der Waals surface area (Å²) in [7, 11) is -3.50. The van der Waals surface area contributed by atoms with Gasteiger partial charge in [0.1, 0.15) is 11.5 Å². The quantitative estimate of drug-likeness (QED) is 0.790. The number of hydrogen-bond acceptors (Lipinski definition) is 3. The van der Waals surface area contributed by atoms with E-state index >= 15 is 0 Å². The Labute approximate surface area is 125 Å². The molecule has 110 valence electrons. The SMILES string of the molecule is O=C(CCCc1ccccc1)CS(=O)(=O)c1ccccc1. The number of ketones is 1. The van der Waals surface area contributed by atoms with E-state index in [1.54, 1.807) is 18.2 Å². The molecular formula is C17H18O3S. The molecule has 0 N–H and O–H groups in total. The molecule has 0 saturated carbocycles. The van der Waals surface area contributed by atoms with Crippen molar-refractivity contribution in [2.45, 2.75) is 24.2 Å². The van der Waals surface area contributed by atoms with Crippen LogP contribution in [0.2, 0.25) is 0 Å². The van der Waals surface area contributed by atoms with Crippen LogP contribution in [0.1, 0.15) is 18.4 Å². The minimum Gasteiger partial charge on any atom is -0.299 e. The van der Waals surface area contributed by atoms with Crippen LogP contribution in [-0.2, 0) is 21.1 Å². The van der Waals surface area contributed by atoms with Crippen LogP contribution < -0.4 is 0 Å². The summed E-state index contributed by atoms with van der Waals surface area (Å²) in [5.41, 5.74) is 1.16. The van der Waals surface area contributed by atoms with E-state index in [9.17, 15) is 13.2 Å². The Morgan fingerprint density at radius 1 is 0.857 bits per heavy atom. The standard InChI is InChI=1S/C17H18O3S/c18-16(11-7-10-15-8-3-1-4-9-15)14-21(19,20)17-12-5-2-6-13-17/h1-6,8-9,12-13H,7,10-11,14H2. The first-order valence-corrected chi connectivity index (χ1v) is 8.56. The Hall–Kier alpha value is -1.94. The molecule has 2 rings (SSSR count). The lowest BCUT2D eigenvalue weighted by molar-refractivity contribution is -0.116. The normalized spacial score (nSPS) is 11.2. The molecule has 0 atom stereocenters. The minimum atomic E-state index is -3.50. The van der Waals surface area contributed by atoms with Crippen molar-refractivity contribution in [3.8, 4) is 0 Å². The number of sulfone groups is 1. The van der Waals surface area contributed by atoms with E-state index in [4.69, 9.17) is 0 Å². The number of aryl methyl sites for hydroxylation is 1. The number of carbonyl (C=O) groups is 1. The molecule has 4 heteroatoms. The predicted octanol–water partition coefficient (Wildman–Crippen LogP) is 3.05. The van der Waals surface area contributed by atoms with E-state index in [1.807, 2.05) is 30.3 Å². The average molecular weight is 302 g/mol. The molecule has 0 aliphatic carbocycles. The summed E-state index contributed by atoms with van der Waals surface area (Å²) < 4.78 is 24.1. The third-order valence-electron chi connectivity index (χ3n) is 3.22. The van der Waals surface area contributed by atoms with Crippen LogP contribution in [0.15, 0.2) is 65.6 Å². The Bertz CT molecular complexity index is 676. The number of Topliss-reactive ketones (excluding diaryl/α,β-unsaturated/α-hetero) is 1. The highest BCUT2D eigenvalue weighted by Gasteiger charge is 2.18. The fourth-order valence-corrected chi connectivity index (χ4v) is 3.44. The fraction of sp³-hybridized carbons (Fsp3) is 0.235. The zero-order chi connectivity index (χ0) is 15.1. The lowest BCUT2D eigenvalue weighted by atomic mass is 10.1. The van der Waals surface area contributed by atoms with Gasteiger partial charge in [0, 0.05) is 6.42 Å². The van der Waals surface area contributed by atoms with Crippen LogP contribution in [0.25, 0.3) is 0 Å². The summed E-state index contributed by atoms with van der Waals surface area (Å²) in [5, 5.41) is 0. The maximum absolute atomic E-state index is 12.1. The molecular weight excluding hydrogens is 284 g/mol. The van der Waals surface area contributed by atoms with Gasteiger partial charge in [0.2, 0.25) is 0 Å². The van der Waals surface area contributed by atoms with Gasteiger partial charge in [-0.25, -0.2) is 8.42 Å². The van der Waals surface area contributed by atoms with Crippen molar-refractivity contribution in [3.05, 3.63) is 66.2 Å². The van der Waals surface area contributed by atoms with Gasteiger partial charge in [-0.2, -0.15) is 0 Å². The van der Waals surface area contributed by atoms with Crippen LogP contribution in [0, 0.1) is 0 Å². The van der Waals surface area contributed by atoms with Gasteiger partial charge in [0.05, 0.1) is 4.90 Å². The molecule has 0 amide bonds. The summed E-state index contributed by atoms with van der Waals surface area (Å²) in [6.45, 7) is 0. The second kappa shape index (κ2) is 7.18. The molecule has 0 heterocycles. The molecule has 0 unspecified atom stereocenters. The third kappa shape index (κ3) is 4.83. The Balaban J connectivity index is 1.85. The first-order valence-electron chi connectivity index (χ1n) is 6.91. The van der Waals surface area contributed by atoms with Gasteiger partial charge in [-0.3, -0.25) is 4.79 Å². The van der Waals surface area contributed by atoms with Crippen LogP contribution in [0.3, 0.4) is 0 Å². The lowest BCUT2D eigenvalue weighted by Crippen LogP contribution is -2.16. The molecule has 0 fully saturated rings. The van der Waals surface area contributed by atoms with E-state index in [0.29, 0.717) is 12.8 Å². The average Bonchev–Trinajstić information content (AvgIpc) is 2.49. The van der Waals surface area contributed by atoms with Crippen LogP contribution in [0.4, 0.5) is 0 Å². The first kappa shape index (κ1) is 15.4. The second-order valence-electron chi connectivity index (χ2n) is 4.95.